The van der Waals surface area contributed by atoms with Crippen LogP contribution in [0.2, 0.25) is 0 Å². The molecule has 0 atom stereocenters. The van der Waals surface area contributed by atoms with Gasteiger partial charge < -0.3 is 14.3 Å². The highest BCUT2D eigenvalue weighted by Gasteiger charge is 2.14. The first-order valence-electron chi connectivity index (χ1n) is 4.12. The molecule has 0 radical (unpaired) electrons. The van der Waals surface area contributed by atoms with Crippen LogP contribution in [0, 0.1) is 0 Å². The molecule has 15 heavy (non-hydrogen) atoms. The normalized spacial score (nSPS) is 10.5. The number of furan rings is 1. The van der Waals surface area contributed by atoms with E-state index in [4.69, 9.17) is 14.3 Å². The van der Waals surface area contributed by atoms with Crippen LogP contribution in [0.15, 0.2) is 27.3 Å². The molecule has 0 bridgehead atoms. The summed E-state index contributed by atoms with van der Waals surface area (Å²) in [5, 5.41) is 9.72. The molecule has 0 aliphatic rings. The molecule has 0 aliphatic heterocycles. The second-order valence-electron chi connectivity index (χ2n) is 2.95. The van der Waals surface area contributed by atoms with Gasteiger partial charge in [0.2, 0.25) is 0 Å². The Morgan fingerprint density at radius 2 is 2.20 bits per heavy atom. The zero-order chi connectivity index (χ0) is 11.0. The van der Waals surface area contributed by atoms with Gasteiger partial charge in [0.05, 0.1) is 7.11 Å². The lowest BCUT2D eigenvalue weighted by Gasteiger charge is -2.03. The highest BCUT2D eigenvalue weighted by molar-refractivity contribution is 9.10. The topological polar surface area (TPSA) is 59.7 Å². The number of carboxylic acids is 1. The number of hydrogen-bond acceptors (Lipinski definition) is 3. The molecule has 4 nitrogen and oxygen atoms in total. The summed E-state index contributed by atoms with van der Waals surface area (Å²) in [5.74, 6) is -0.718. The van der Waals surface area contributed by atoms with E-state index in [1.165, 1.54) is 13.2 Å². The van der Waals surface area contributed by atoms with Crippen LogP contribution in [0.4, 0.5) is 0 Å². The van der Waals surface area contributed by atoms with Gasteiger partial charge >= 0.3 is 5.97 Å². The third kappa shape index (κ3) is 1.70. The quantitative estimate of drug-likeness (QED) is 0.912. The lowest BCUT2D eigenvalue weighted by molar-refractivity contribution is 0.0693. The van der Waals surface area contributed by atoms with Gasteiger partial charge in [0.25, 0.3) is 0 Å². The average molecular weight is 271 g/mol. The van der Waals surface area contributed by atoms with Crippen molar-refractivity contribution < 1.29 is 19.1 Å². The van der Waals surface area contributed by atoms with Gasteiger partial charge in [0.15, 0.2) is 4.67 Å². The van der Waals surface area contributed by atoms with Gasteiger partial charge in [-0.05, 0) is 34.1 Å². The maximum absolute atomic E-state index is 10.9. The summed E-state index contributed by atoms with van der Waals surface area (Å²) in [4.78, 5) is 10.9. The van der Waals surface area contributed by atoms with Crippen LogP contribution in [0.25, 0.3) is 11.0 Å². The molecule has 0 spiro atoms. The predicted molar refractivity (Wildman–Crippen MR) is 57.4 cm³/mol. The highest BCUT2D eigenvalue weighted by atomic mass is 79.9. The van der Waals surface area contributed by atoms with Crippen LogP contribution < -0.4 is 4.74 Å². The van der Waals surface area contributed by atoms with Crippen molar-refractivity contribution in [3.8, 4) is 5.75 Å². The highest BCUT2D eigenvalue weighted by Crippen LogP contribution is 2.30. The van der Waals surface area contributed by atoms with E-state index in [2.05, 4.69) is 15.9 Å². The number of rotatable bonds is 2. The second kappa shape index (κ2) is 3.58. The Morgan fingerprint density at radius 1 is 1.47 bits per heavy atom. The summed E-state index contributed by atoms with van der Waals surface area (Å²) in [6.45, 7) is 0. The van der Waals surface area contributed by atoms with Crippen molar-refractivity contribution >= 4 is 32.9 Å². The molecule has 2 aromatic rings. The molecule has 2 rings (SSSR count). The molecule has 78 valence electrons. The standard InChI is InChI=1S/C10H7BrO4/c1-14-8-2-5-3-9(11)15-7(5)4-6(8)10(12)13/h2-4H,1H3,(H,12,13). The summed E-state index contributed by atoms with van der Waals surface area (Å²) >= 11 is 3.18. The Morgan fingerprint density at radius 3 is 2.80 bits per heavy atom. The van der Waals surface area contributed by atoms with E-state index in [0.717, 1.165) is 5.39 Å². The summed E-state index contributed by atoms with van der Waals surface area (Å²) in [6, 6.07) is 4.83. The number of aromatic carboxylic acids is 1. The number of carbonyl (C=O) groups is 1. The van der Waals surface area contributed by atoms with Gasteiger partial charge in [-0.15, -0.1) is 0 Å². The minimum atomic E-state index is -1.04. The summed E-state index contributed by atoms with van der Waals surface area (Å²) in [6.07, 6.45) is 0. The number of fused-ring (bicyclic) bond motifs is 1. The van der Waals surface area contributed by atoms with Crippen LogP contribution in [0.1, 0.15) is 10.4 Å². The predicted octanol–water partition coefficient (Wildman–Crippen LogP) is 2.90. The van der Waals surface area contributed by atoms with Crippen molar-refractivity contribution in [3.63, 3.8) is 0 Å². The first-order chi connectivity index (χ1) is 7.11. The molecule has 0 amide bonds. The Labute approximate surface area is 93.6 Å². The van der Waals surface area contributed by atoms with Crippen LogP contribution >= 0.6 is 15.9 Å². The lowest BCUT2D eigenvalue weighted by atomic mass is 10.1. The van der Waals surface area contributed by atoms with Gasteiger partial charge in [0.1, 0.15) is 16.9 Å². The van der Waals surface area contributed by atoms with E-state index < -0.39 is 5.97 Å². The van der Waals surface area contributed by atoms with Gasteiger partial charge in [-0.2, -0.15) is 0 Å². The lowest BCUT2D eigenvalue weighted by Crippen LogP contribution is -1.99. The third-order valence-corrected chi connectivity index (χ3v) is 2.43. The molecule has 1 N–H and O–H groups in total. The molecule has 0 saturated carbocycles. The largest absolute Gasteiger partial charge is 0.496 e. The number of benzene rings is 1. The van der Waals surface area contributed by atoms with Crippen molar-refractivity contribution in [3.05, 3.63) is 28.4 Å². The zero-order valence-corrected chi connectivity index (χ0v) is 9.37. The maximum Gasteiger partial charge on any atom is 0.339 e. The van der Waals surface area contributed by atoms with E-state index in [1.54, 1.807) is 12.1 Å². The Hall–Kier alpha value is -1.49. The van der Waals surface area contributed by atoms with Crippen LogP contribution in [-0.4, -0.2) is 18.2 Å². The van der Waals surface area contributed by atoms with Gasteiger partial charge in [-0.1, -0.05) is 0 Å². The molecule has 1 heterocycles. The van der Waals surface area contributed by atoms with Crippen molar-refractivity contribution in [2.45, 2.75) is 0 Å². The number of hydrogen-bond donors (Lipinski definition) is 1. The van der Waals surface area contributed by atoms with Crippen molar-refractivity contribution in [1.82, 2.24) is 0 Å². The molecule has 5 heteroatoms. The third-order valence-electron chi connectivity index (χ3n) is 2.04. The first-order valence-corrected chi connectivity index (χ1v) is 4.91. The van der Waals surface area contributed by atoms with Gasteiger partial charge in [-0.3, -0.25) is 0 Å². The monoisotopic (exact) mass is 270 g/mol. The van der Waals surface area contributed by atoms with E-state index in [-0.39, 0.29) is 5.56 Å². The molecular formula is C10H7BrO4. The number of methoxy groups -OCH3 is 1. The molecule has 0 unspecified atom stereocenters. The van der Waals surface area contributed by atoms with Gasteiger partial charge in [-0.25, -0.2) is 4.79 Å². The summed E-state index contributed by atoms with van der Waals surface area (Å²) in [7, 11) is 1.43. The van der Waals surface area contributed by atoms with Crippen molar-refractivity contribution in [1.29, 1.82) is 0 Å². The Balaban J connectivity index is 2.73. The molecular weight excluding hydrogens is 264 g/mol. The van der Waals surface area contributed by atoms with Gasteiger partial charge in [0, 0.05) is 5.39 Å². The van der Waals surface area contributed by atoms with E-state index in [0.29, 0.717) is 16.0 Å². The van der Waals surface area contributed by atoms with Crippen LogP contribution in [0.5, 0.6) is 5.75 Å². The summed E-state index contributed by atoms with van der Waals surface area (Å²) in [5.41, 5.74) is 0.604. The molecule has 0 fully saturated rings. The minimum Gasteiger partial charge on any atom is -0.496 e. The van der Waals surface area contributed by atoms with E-state index in [1.807, 2.05) is 0 Å². The zero-order valence-electron chi connectivity index (χ0n) is 7.78. The fourth-order valence-corrected chi connectivity index (χ4v) is 1.79. The Kier molecular flexibility index (Phi) is 2.40. The first kappa shape index (κ1) is 10.0. The fourth-order valence-electron chi connectivity index (χ4n) is 1.37. The van der Waals surface area contributed by atoms with Crippen LogP contribution in [0.3, 0.4) is 0 Å². The van der Waals surface area contributed by atoms with Crippen molar-refractivity contribution in [2.24, 2.45) is 0 Å². The van der Waals surface area contributed by atoms with Crippen molar-refractivity contribution in [2.75, 3.05) is 7.11 Å². The SMILES string of the molecule is COc1cc2cc(Br)oc2cc1C(=O)O. The maximum atomic E-state index is 10.9. The molecule has 0 aliphatic carbocycles. The number of carboxylic acid groups (broad SMARTS) is 1. The molecule has 1 aromatic heterocycles. The second-order valence-corrected chi connectivity index (χ2v) is 3.73. The smallest absolute Gasteiger partial charge is 0.339 e. The van der Waals surface area contributed by atoms with E-state index >= 15 is 0 Å². The summed E-state index contributed by atoms with van der Waals surface area (Å²) < 4.78 is 10.8. The minimum absolute atomic E-state index is 0.0897. The van der Waals surface area contributed by atoms with E-state index in [9.17, 15) is 4.79 Å². The Bertz CT molecular complexity index is 529. The van der Waals surface area contributed by atoms with Crippen LogP contribution in [-0.2, 0) is 0 Å². The molecule has 1 aromatic carbocycles. The fraction of sp³-hybridized carbons (Fsp3) is 0.100. The average Bonchev–Trinajstić information content (AvgIpc) is 2.54. The molecule has 0 saturated heterocycles. The number of ether oxygens (including phenoxy) is 1. The number of halogens is 1.